The van der Waals surface area contributed by atoms with Crippen molar-refractivity contribution in [2.45, 2.75) is 52.0 Å². The first-order valence-electron chi connectivity index (χ1n) is 15.9. The molecule has 9 nitrogen and oxygen atoms in total. The third-order valence-electron chi connectivity index (χ3n) is 8.58. The number of amides is 3. The van der Waals surface area contributed by atoms with Crippen molar-refractivity contribution >= 4 is 45.8 Å². The molecule has 1 spiro atoms. The van der Waals surface area contributed by atoms with E-state index in [0.717, 1.165) is 29.7 Å². The van der Waals surface area contributed by atoms with Crippen LogP contribution in [-0.2, 0) is 16.0 Å². The number of nitrogens with one attached hydrogen (secondary N) is 3. The Balaban J connectivity index is 1.20. The van der Waals surface area contributed by atoms with Crippen LogP contribution in [0.25, 0.3) is 0 Å². The van der Waals surface area contributed by atoms with E-state index in [1.807, 2.05) is 19.9 Å². The van der Waals surface area contributed by atoms with Gasteiger partial charge in [-0.15, -0.1) is 11.3 Å². The normalized spacial score (nSPS) is 19.0. The Labute approximate surface area is 283 Å². The molecular weight excluding hydrogens is 641 g/mol. The van der Waals surface area contributed by atoms with Gasteiger partial charge in [0.15, 0.2) is 5.13 Å². The Morgan fingerprint density at radius 2 is 1.94 bits per heavy atom. The largest absolute Gasteiger partial charge is 0.489 e. The predicted molar refractivity (Wildman–Crippen MR) is 182 cm³/mol. The number of ether oxygens (including phenoxy) is 1. The number of carbonyl (C=O) groups is 3. The molecule has 2 aromatic carbocycles. The number of hydrogen-bond acceptors (Lipinski definition) is 7. The standard InChI is InChI=1S/C35H41ClFN5O4S/c1-23(2)17-29-33(45)39-22-35(11-3-4-16-46-30-10-7-25(36)19-28(30)32(44)40-29)12-14-42(15-13-35)21-31(43)41-34-38-20-27(47-34)18-24-5-8-26(37)9-6-24/h3-10,19-20,23,29H,11-18,21-22H2,1-2H3,(H,39,45)(H,40,44)(H,38,41,43)/t29-/m0/s1. The summed E-state index contributed by atoms with van der Waals surface area (Å²) < 4.78 is 19.2. The minimum atomic E-state index is -0.712. The molecule has 2 aliphatic rings. The lowest BCUT2D eigenvalue weighted by molar-refractivity contribution is -0.124. The van der Waals surface area contributed by atoms with Crippen molar-refractivity contribution in [2.75, 3.05) is 38.1 Å². The number of likely N-dealkylation sites (tertiary alicyclic amines) is 1. The first-order chi connectivity index (χ1) is 22.6. The number of benzene rings is 2. The minimum absolute atomic E-state index is 0.131. The third-order valence-corrected chi connectivity index (χ3v) is 9.73. The van der Waals surface area contributed by atoms with Crippen LogP contribution in [0, 0.1) is 17.2 Å². The van der Waals surface area contributed by atoms with Crippen molar-refractivity contribution < 1.29 is 23.5 Å². The van der Waals surface area contributed by atoms with Crippen molar-refractivity contribution in [1.29, 1.82) is 0 Å². The van der Waals surface area contributed by atoms with Crippen molar-refractivity contribution in [1.82, 2.24) is 20.5 Å². The summed E-state index contributed by atoms with van der Waals surface area (Å²) >= 11 is 7.59. The van der Waals surface area contributed by atoms with E-state index in [1.54, 1.807) is 36.5 Å². The number of anilines is 1. The lowest BCUT2D eigenvalue weighted by Crippen LogP contribution is -2.52. The molecule has 3 N–H and O–H groups in total. The molecule has 0 bridgehead atoms. The van der Waals surface area contributed by atoms with Crippen LogP contribution in [0.2, 0.25) is 5.02 Å². The van der Waals surface area contributed by atoms with Gasteiger partial charge >= 0.3 is 0 Å². The summed E-state index contributed by atoms with van der Waals surface area (Å²) in [5.41, 5.74) is 1.06. The zero-order chi connectivity index (χ0) is 33.4. The van der Waals surface area contributed by atoms with Gasteiger partial charge in [-0.25, -0.2) is 9.37 Å². The zero-order valence-electron chi connectivity index (χ0n) is 26.7. The van der Waals surface area contributed by atoms with Gasteiger partial charge in [0.2, 0.25) is 11.8 Å². The topological polar surface area (TPSA) is 113 Å². The van der Waals surface area contributed by atoms with Gasteiger partial charge in [0, 0.05) is 29.1 Å². The number of aromatic nitrogens is 1. The van der Waals surface area contributed by atoms with Crippen LogP contribution in [0.5, 0.6) is 5.75 Å². The summed E-state index contributed by atoms with van der Waals surface area (Å²) in [6, 6.07) is 10.5. The van der Waals surface area contributed by atoms with E-state index >= 15 is 0 Å². The second-order valence-corrected chi connectivity index (χ2v) is 14.3. The molecular formula is C35H41ClFN5O4S. The van der Waals surface area contributed by atoms with Gasteiger partial charge in [-0.3, -0.25) is 19.3 Å². The molecule has 250 valence electrons. The number of rotatable bonds is 7. The number of hydrogen-bond donors (Lipinski definition) is 3. The number of nitrogens with zero attached hydrogens (tertiary/aromatic N) is 2. The van der Waals surface area contributed by atoms with Crippen LogP contribution < -0.4 is 20.7 Å². The molecule has 1 fully saturated rings. The third kappa shape index (κ3) is 9.85. The van der Waals surface area contributed by atoms with Gasteiger partial charge in [0.05, 0.1) is 12.1 Å². The molecule has 3 aromatic rings. The SMILES string of the molecule is CC(C)C[C@@H]1NC(=O)c2cc(Cl)ccc2OCC=CCC2(CCN(CC(=O)Nc3ncc(Cc4ccc(F)cc4)s3)CC2)CNC1=O. The van der Waals surface area contributed by atoms with Gasteiger partial charge in [0.1, 0.15) is 24.2 Å². The maximum atomic E-state index is 13.5. The number of carbonyl (C=O) groups excluding carboxylic acids is 3. The average Bonchev–Trinajstić information content (AvgIpc) is 3.47. The fourth-order valence-corrected chi connectivity index (χ4v) is 6.97. The maximum absolute atomic E-state index is 13.5. The molecule has 0 saturated carbocycles. The van der Waals surface area contributed by atoms with Crippen molar-refractivity contribution in [3.05, 3.63) is 87.7 Å². The highest BCUT2D eigenvalue weighted by Crippen LogP contribution is 2.35. The van der Waals surface area contributed by atoms with Crippen LogP contribution in [0.4, 0.5) is 9.52 Å². The smallest absolute Gasteiger partial charge is 0.255 e. The maximum Gasteiger partial charge on any atom is 0.255 e. The Hall–Kier alpha value is -3.80. The molecule has 1 aromatic heterocycles. The average molecular weight is 682 g/mol. The monoisotopic (exact) mass is 681 g/mol. The molecule has 1 atom stereocenters. The Kier molecular flexibility index (Phi) is 11.7. The zero-order valence-corrected chi connectivity index (χ0v) is 28.3. The fourth-order valence-electron chi connectivity index (χ4n) is 5.93. The van der Waals surface area contributed by atoms with Gasteiger partial charge < -0.3 is 20.7 Å². The summed E-state index contributed by atoms with van der Waals surface area (Å²) in [4.78, 5) is 47.1. The van der Waals surface area contributed by atoms with Gasteiger partial charge in [0.25, 0.3) is 5.91 Å². The highest BCUT2D eigenvalue weighted by molar-refractivity contribution is 7.15. The molecule has 0 unspecified atom stereocenters. The number of halogens is 2. The van der Waals surface area contributed by atoms with Crippen LogP contribution >= 0.6 is 22.9 Å². The first-order valence-corrected chi connectivity index (χ1v) is 17.1. The van der Waals surface area contributed by atoms with Gasteiger partial charge in [-0.05, 0) is 86.0 Å². The lowest BCUT2D eigenvalue weighted by Gasteiger charge is -2.41. The fraction of sp³-hybridized carbons (Fsp3) is 0.429. The molecule has 3 amide bonds. The number of fused-ring (bicyclic) bond motifs is 1. The molecule has 0 radical (unpaired) electrons. The lowest BCUT2D eigenvalue weighted by atomic mass is 9.75. The van der Waals surface area contributed by atoms with Gasteiger partial charge in [-0.2, -0.15) is 0 Å². The van der Waals surface area contributed by atoms with Crippen molar-refractivity contribution in [3.63, 3.8) is 0 Å². The molecule has 12 heteroatoms. The van der Waals surface area contributed by atoms with E-state index in [4.69, 9.17) is 16.3 Å². The number of piperidine rings is 1. The van der Waals surface area contributed by atoms with E-state index in [9.17, 15) is 18.8 Å². The van der Waals surface area contributed by atoms with Crippen LogP contribution in [-0.4, -0.2) is 66.4 Å². The first kappa shape index (κ1) is 34.5. The van der Waals surface area contributed by atoms with Crippen LogP contribution in [0.15, 0.2) is 60.8 Å². The van der Waals surface area contributed by atoms with Crippen molar-refractivity contribution in [3.8, 4) is 5.75 Å². The Morgan fingerprint density at radius 1 is 1.17 bits per heavy atom. The van der Waals surface area contributed by atoms with E-state index < -0.39 is 11.9 Å². The number of allylic oxidation sites excluding steroid dienone is 1. The molecule has 2 aliphatic heterocycles. The second-order valence-electron chi connectivity index (χ2n) is 12.8. The van der Waals surface area contributed by atoms with Crippen molar-refractivity contribution in [2.24, 2.45) is 11.3 Å². The second kappa shape index (κ2) is 15.9. The van der Waals surface area contributed by atoms with Crippen LogP contribution in [0.1, 0.15) is 60.3 Å². The highest BCUT2D eigenvalue weighted by atomic mass is 35.5. The summed E-state index contributed by atoms with van der Waals surface area (Å²) in [5, 5.41) is 9.92. The predicted octanol–water partition coefficient (Wildman–Crippen LogP) is 5.85. The molecule has 47 heavy (non-hydrogen) atoms. The Bertz CT molecular complexity index is 1590. The summed E-state index contributed by atoms with van der Waals surface area (Å²) in [7, 11) is 0. The number of thiazole rings is 1. The molecule has 3 heterocycles. The molecule has 5 rings (SSSR count). The highest BCUT2D eigenvalue weighted by Gasteiger charge is 2.36. The van der Waals surface area contributed by atoms with Crippen LogP contribution in [0.3, 0.4) is 0 Å². The Morgan fingerprint density at radius 3 is 2.68 bits per heavy atom. The van der Waals surface area contributed by atoms with E-state index in [2.05, 4.69) is 31.9 Å². The van der Waals surface area contributed by atoms with Gasteiger partial charge in [-0.1, -0.05) is 49.7 Å². The summed E-state index contributed by atoms with van der Waals surface area (Å²) in [5.74, 6) is -0.453. The molecule has 0 aliphatic carbocycles. The molecule has 1 saturated heterocycles. The minimum Gasteiger partial charge on any atom is -0.489 e. The van der Waals surface area contributed by atoms with E-state index in [1.165, 1.54) is 23.5 Å². The summed E-state index contributed by atoms with van der Waals surface area (Å²) in [6.45, 7) is 6.40. The summed E-state index contributed by atoms with van der Waals surface area (Å²) in [6.07, 6.45) is 9.16. The quantitative estimate of drug-likeness (QED) is 0.270. The van der Waals surface area contributed by atoms with E-state index in [0.29, 0.717) is 48.4 Å². The van der Waals surface area contributed by atoms with E-state index in [-0.39, 0.29) is 47.7 Å².